The lowest BCUT2D eigenvalue weighted by Crippen LogP contribution is -2.16. The van der Waals surface area contributed by atoms with Gasteiger partial charge in [0.1, 0.15) is 5.82 Å². The van der Waals surface area contributed by atoms with Gasteiger partial charge in [-0.05, 0) is 31.0 Å². The fourth-order valence-electron chi connectivity index (χ4n) is 1.94. The highest BCUT2D eigenvalue weighted by atomic mass is 32.2. The molecule has 0 spiro atoms. The molecular formula is C13H15N5O3S2. The minimum Gasteiger partial charge on any atom is -0.325 e. The standard InChI is InChI=1S/C13H15N5O3S2/c14-23(20,21)10-3-1-2-9(6-10)15-11(19)7-22-13-16-12(17-18-13)8-4-5-8/h1-3,6,8H,4-5,7H2,(H,15,19)(H2,14,20,21)(H,16,17,18). The first kappa shape index (κ1) is 16.0. The number of aromatic amines is 1. The van der Waals surface area contributed by atoms with Crippen molar-refractivity contribution in [1.82, 2.24) is 15.2 Å². The summed E-state index contributed by atoms with van der Waals surface area (Å²) in [5.41, 5.74) is 0.371. The van der Waals surface area contributed by atoms with Crippen LogP contribution in [0.4, 0.5) is 5.69 Å². The smallest absolute Gasteiger partial charge is 0.238 e. The SMILES string of the molecule is NS(=O)(=O)c1cccc(NC(=O)CSc2n[nH]c(C3CC3)n2)c1. The fourth-order valence-corrected chi connectivity index (χ4v) is 3.10. The van der Waals surface area contributed by atoms with E-state index in [0.717, 1.165) is 18.7 Å². The van der Waals surface area contributed by atoms with Gasteiger partial charge in [-0.2, -0.15) is 0 Å². The van der Waals surface area contributed by atoms with Crippen molar-refractivity contribution in [2.24, 2.45) is 5.14 Å². The Hall–Kier alpha value is -1.91. The number of primary sulfonamides is 1. The number of sulfonamides is 1. The Labute approximate surface area is 137 Å². The summed E-state index contributed by atoms with van der Waals surface area (Å²) in [7, 11) is -3.80. The van der Waals surface area contributed by atoms with Crippen LogP contribution in [0, 0.1) is 0 Å². The molecular weight excluding hydrogens is 338 g/mol. The molecule has 1 fully saturated rings. The molecule has 1 aromatic carbocycles. The van der Waals surface area contributed by atoms with Crippen molar-refractivity contribution < 1.29 is 13.2 Å². The molecule has 2 aromatic rings. The van der Waals surface area contributed by atoms with Crippen LogP contribution < -0.4 is 10.5 Å². The quantitative estimate of drug-likeness (QED) is 0.666. The second-order valence-electron chi connectivity index (χ2n) is 5.19. The monoisotopic (exact) mass is 353 g/mol. The average Bonchev–Trinajstić information content (AvgIpc) is 3.23. The number of rotatable bonds is 6. The number of nitrogens with one attached hydrogen (secondary N) is 2. The summed E-state index contributed by atoms with van der Waals surface area (Å²) in [6, 6.07) is 5.79. The zero-order chi connectivity index (χ0) is 16.4. The minimum absolute atomic E-state index is 0.0500. The van der Waals surface area contributed by atoms with E-state index < -0.39 is 10.0 Å². The van der Waals surface area contributed by atoms with Crippen LogP contribution in [0.25, 0.3) is 0 Å². The Morgan fingerprint density at radius 2 is 2.22 bits per heavy atom. The van der Waals surface area contributed by atoms with E-state index in [1.165, 1.54) is 30.0 Å². The summed E-state index contributed by atoms with van der Waals surface area (Å²) < 4.78 is 22.6. The van der Waals surface area contributed by atoms with Crippen molar-refractivity contribution in [2.75, 3.05) is 11.1 Å². The number of nitrogens with two attached hydrogens (primary N) is 1. The highest BCUT2D eigenvalue weighted by Crippen LogP contribution is 2.38. The maximum absolute atomic E-state index is 11.9. The Balaban J connectivity index is 1.56. The zero-order valence-electron chi connectivity index (χ0n) is 12.0. The summed E-state index contributed by atoms with van der Waals surface area (Å²) in [6.07, 6.45) is 2.25. The van der Waals surface area contributed by atoms with E-state index in [1.54, 1.807) is 6.07 Å². The number of amides is 1. The van der Waals surface area contributed by atoms with Crippen LogP contribution in [0.2, 0.25) is 0 Å². The molecule has 1 amide bonds. The molecule has 10 heteroatoms. The van der Waals surface area contributed by atoms with Crippen LogP contribution in [0.1, 0.15) is 24.6 Å². The molecule has 4 N–H and O–H groups in total. The molecule has 1 aromatic heterocycles. The van der Waals surface area contributed by atoms with E-state index in [4.69, 9.17) is 5.14 Å². The highest BCUT2D eigenvalue weighted by molar-refractivity contribution is 7.99. The second kappa shape index (κ2) is 6.30. The third-order valence-corrected chi connectivity index (χ3v) is 4.98. The van der Waals surface area contributed by atoms with E-state index in [1.807, 2.05) is 0 Å². The van der Waals surface area contributed by atoms with Crippen molar-refractivity contribution in [3.8, 4) is 0 Å². The Bertz CT molecular complexity index is 830. The Morgan fingerprint density at radius 1 is 1.43 bits per heavy atom. The number of hydrogen-bond donors (Lipinski definition) is 3. The summed E-state index contributed by atoms with van der Waals surface area (Å²) in [5.74, 6) is 1.20. The Kier molecular flexibility index (Phi) is 4.37. The normalized spacial score (nSPS) is 14.7. The zero-order valence-corrected chi connectivity index (χ0v) is 13.7. The highest BCUT2D eigenvalue weighted by Gasteiger charge is 2.27. The van der Waals surface area contributed by atoms with Gasteiger partial charge in [0.25, 0.3) is 0 Å². The lowest BCUT2D eigenvalue weighted by atomic mass is 10.3. The van der Waals surface area contributed by atoms with Gasteiger partial charge in [0.2, 0.25) is 21.1 Å². The lowest BCUT2D eigenvalue weighted by Gasteiger charge is -2.05. The summed E-state index contributed by atoms with van der Waals surface area (Å²) >= 11 is 1.22. The molecule has 0 bridgehead atoms. The summed E-state index contributed by atoms with van der Waals surface area (Å²) in [5, 5.41) is 15.1. The number of carbonyl (C=O) groups is 1. The molecule has 3 rings (SSSR count). The molecule has 1 heterocycles. The number of H-pyrrole nitrogens is 1. The first-order valence-corrected chi connectivity index (χ1v) is 9.43. The van der Waals surface area contributed by atoms with E-state index in [2.05, 4.69) is 20.5 Å². The van der Waals surface area contributed by atoms with E-state index in [0.29, 0.717) is 16.8 Å². The van der Waals surface area contributed by atoms with Crippen LogP contribution in [0.5, 0.6) is 0 Å². The van der Waals surface area contributed by atoms with Gasteiger partial charge in [0, 0.05) is 11.6 Å². The topological polar surface area (TPSA) is 131 Å². The number of aromatic nitrogens is 3. The summed E-state index contributed by atoms with van der Waals surface area (Å²) in [6.45, 7) is 0. The molecule has 0 aliphatic heterocycles. The summed E-state index contributed by atoms with van der Waals surface area (Å²) in [4.78, 5) is 16.2. The van der Waals surface area contributed by atoms with Crippen molar-refractivity contribution >= 4 is 33.4 Å². The molecule has 1 aliphatic rings. The van der Waals surface area contributed by atoms with Gasteiger partial charge in [-0.15, -0.1) is 5.10 Å². The molecule has 0 saturated heterocycles. The third kappa shape index (κ3) is 4.30. The van der Waals surface area contributed by atoms with Gasteiger partial charge in [0.05, 0.1) is 10.6 Å². The van der Waals surface area contributed by atoms with Gasteiger partial charge in [0.15, 0.2) is 0 Å². The molecule has 0 radical (unpaired) electrons. The molecule has 1 aliphatic carbocycles. The molecule has 8 nitrogen and oxygen atoms in total. The predicted molar refractivity (Wildman–Crippen MR) is 85.5 cm³/mol. The molecule has 23 heavy (non-hydrogen) atoms. The van der Waals surface area contributed by atoms with Crippen molar-refractivity contribution in [2.45, 2.75) is 28.8 Å². The fraction of sp³-hybridized carbons (Fsp3) is 0.308. The molecule has 122 valence electrons. The Morgan fingerprint density at radius 3 is 2.91 bits per heavy atom. The number of nitrogens with zero attached hydrogens (tertiary/aromatic N) is 2. The van der Waals surface area contributed by atoms with Crippen molar-refractivity contribution in [3.05, 3.63) is 30.1 Å². The van der Waals surface area contributed by atoms with Gasteiger partial charge in [-0.3, -0.25) is 9.89 Å². The van der Waals surface area contributed by atoms with Gasteiger partial charge in [-0.25, -0.2) is 18.5 Å². The first-order valence-electron chi connectivity index (χ1n) is 6.89. The number of anilines is 1. The van der Waals surface area contributed by atoms with E-state index >= 15 is 0 Å². The second-order valence-corrected chi connectivity index (χ2v) is 7.69. The van der Waals surface area contributed by atoms with Crippen LogP contribution in [-0.4, -0.2) is 35.3 Å². The minimum atomic E-state index is -3.80. The maximum atomic E-state index is 11.9. The largest absolute Gasteiger partial charge is 0.325 e. The maximum Gasteiger partial charge on any atom is 0.238 e. The van der Waals surface area contributed by atoms with Gasteiger partial charge >= 0.3 is 0 Å². The van der Waals surface area contributed by atoms with Gasteiger partial charge < -0.3 is 5.32 Å². The van der Waals surface area contributed by atoms with Crippen LogP contribution >= 0.6 is 11.8 Å². The van der Waals surface area contributed by atoms with Crippen LogP contribution in [0.15, 0.2) is 34.3 Å². The molecule has 1 saturated carbocycles. The number of benzene rings is 1. The third-order valence-electron chi connectivity index (χ3n) is 3.22. The predicted octanol–water partition coefficient (Wildman–Crippen LogP) is 1.06. The number of carbonyl (C=O) groups excluding carboxylic acids is 1. The van der Waals surface area contributed by atoms with E-state index in [-0.39, 0.29) is 16.6 Å². The average molecular weight is 353 g/mol. The van der Waals surface area contributed by atoms with Crippen molar-refractivity contribution in [3.63, 3.8) is 0 Å². The van der Waals surface area contributed by atoms with Crippen LogP contribution in [-0.2, 0) is 14.8 Å². The van der Waals surface area contributed by atoms with Crippen LogP contribution in [0.3, 0.4) is 0 Å². The lowest BCUT2D eigenvalue weighted by molar-refractivity contribution is -0.113. The number of thioether (sulfide) groups is 1. The first-order chi connectivity index (χ1) is 10.9. The number of hydrogen-bond acceptors (Lipinski definition) is 6. The van der Waals surface area contributed by atoms with Crippen molar-refractivity contribution in [1.29, 1.82) is 0 Å². The molecule has 0 unspecified atom stereocenters. The van der Waals surface area contributed by atoms with E-state index in [9.17, 15) is 13.2 Å². The van der Waals surface area contributed by atoms with Gasteiger partial charge in [-0.1, -0.05) is 17.8 Å². The molecule has 0 atom stereocenters.